The van der Waals surface area contributed by atoms with Gasteiger partial charge in [0.25, 0.3) is 11.6 Å². The highest BCUT2D eigenvalue weighted by Gasteiger charge is 2.27. The summed E-state index contributed by atoms with van der Waals surface area (Å²) in [7, 11) is 2.97. The quantitative estimate of drug-likeness (QED) is 0.353. The molecule has 2 aromatic carbocycles. The zero-order valence-corrected chi connectivity index (χ0v) is 17.3. The molecule has 3 rings (SSSR count). The molecular formula is C21H23N3O7. The monoisotopic (exact) mass is 429 g/mol. The van der Waals surface area contributed by atoms with Crippen molar-refractivity contribution in [2.75, 3.05) is 24.9 Å². The first-order valence-electron chi connectivity index (χ1n) is 9.61. The van der Waals surface area contributed by atoms with E-state index in [0.717, 1.165) is 18.9 Å². The fraction of sp³-hybridized carbons (Fsp3) is 0.333. The van der Waals surface area contributed by atoms with Crippen molar-refractivity contribution in [3.63, 3.8) is 0 Å². The Labute approximate surface area is 178 Å². The molecule has 0 radical (unpaired) electrons. The molecule has 0 spiro atoms. The first-order chi connectivity index (χ1) is 14.8. The van der Waals surface area contributed by atoms with Gasteiger partial charge in [0.05, 0.1) is 24.7 Å². The fourth-order valence-corrected chi connectivity index (χ4v) is 2.82. The van der Waals surface area contributed by atoms with Crippen molar-refractivity contribution in [1.29, 1.82) is 0 Å². The predicted octanol–water partition coefficient (Wildman–Crippen LogP) is 3.37. The highest BCUT2D eigenvalue weighted by Crippen LogP contribution is 2.32. The van der Waals surface area contributed by atoms with E-state index in [4.69, 9.17) is 14.2 Å². The number of esters is 1. The minimum Gasteiger partial charge on any atom is -0.493 e. The highest BCUT2D eigenvalue weighted by molar-refractivity contribution is 5.98. The maximum Gasteiger partial charge on any atom is 0.339 e. The topological polar surface area (TPSA) is 129 Å². The predicted molar refractivity (Wildman–Crippen MR) is 113 cm³/mol. The zero-order valence-electron chi connectivity index (χ0n) is 17.3. The van der Waals surface area contributed by atoms with Crippen LogP contribution in [0.5, 0.6) is 11.5 Å². The standard InChI is InChI=1S/C21H23N3O7/c1-12(20(25)23-15-7-9-18(29-2)19(11-15)30-3)31-21(26)13-4-8-16(22-14-5-6-14)17(10-13)24(27)28/h4,7-12,14,22H,5-6H2,1-3H3,(H,23,25). The highest BCUT2D eigenvalue weighted by atomic mass is 16.6. The molecule has 0 heterocycles. The van der Waals surface area contributed by atoms with Crippen LogP contribution in [0.4, 0.5) is 17.1 Å². The van der Waals surface area contributed by atoms with Crippen LogP contribution in [0, 0.1) is 10.1 Å². The second-order valence-corrected chi connectivity index (χ2v) is 7.01. The molecule has 1 aliphatic carbocycles. The number of nitrogens with zero attached hydrogens (tertiary/aromatic N) is 1. The fourth-order valence-electron chi connectivity index (χ4n) is 2.82. The van der Waals surface area contributed by atoms with E-state index in [-0.39, 0.29) is 17.3 Å². The summed E-state index contributed by atoms with van der Waals surface area (Å²) in [6, 6.07) is 9.08. The maximum absolute atomic E-state index is 12.4. The summed E-state index contributed by atoms with van der Waals surface area (Å²) in [4.78, 5) is 35.6. The number of hydrogen-bond acceptors (Lipinski definition) is 8. The van der Waals surface area contributed by atoms with Gasteiger partial charge in [-0.3, -0.25) is 14.9 Å². The van der Waals surface area contributed by atoms with Gasteiger partial charge in [0, 0.05) is 23.9 Å². The number of carbonyl (C=O) groups excluding carboxylic acids is 2. The Morgan fingerprint density at radius 3 is 2.42 bits per heavy atom. The van der Waals surface area contributed by atoms with Crippen LogP contribution in [0.25, 0.3) is 0 Å². The molecule has 1 saturated carbocycles. The molecule has 0 bridgehead atoms. The number of nitro benzene ring substituents is 1. The van der Waals surface area contributed by atoms with Crippen molar-refractivity contribution in [2.45, 2.75) is 31.9 Å². The number of anilines is 2. The largest absolute Gasteiger partial charge is 0.493 e. The number of benzene rings is 2. The first kappa shape index (κ1) is 21.9. The van der Waals surface area contributed by atoms with Crippen molar-refractivity contribution in [2.24, 2.45) is 0 Å². The molecule has 1 unspecified atom stereocenters. The number of nitrogens with one attached hydrogen (secondary N) is 2. The molecular weight excluding hydrogens is 406 g/mol. The van der Waals surface area contributed by atoms with Gasteiger partial charge in [-0.05, 0) is 44.0 Å². The third kappa shape index (κ3) is 5.41. The second kappa shape index (κ2) is 9.33. The Hall–Kier alpha value is -3.82. The molecule has 0 aromatic heterocycles. The van der Waals surface area contributed by atoms with E-state index in [2.05, 4.69) is 10.6 Å². The van der Waals surface area contributed by atoms with Gasteiger partial charge in [-0.25, -0.2) is 4.79 Å². The van der Waals surface area contributed by atoms with E-state index >= 15 is 0 Å². The van der Waals surface area contributed by atoms with E-state index in [9.17, 15) is 19.7 Å². The molecule has 1 atom stereocenters. The number of ether oxygens (including phenoxy) is 3. The SMILES string of the molecule is COc1ccc(NC(=O)C(C)OC(=O)c2ccc(NC3CC3)c([N+](=O)[O-])c2)cc1OC. The molecule has 1 amide bonds. The third-order valence-electron chi connectivity index (χ3n) is 4.67. The van der Waals surface area contributed by atoms with Gasteiger partial charge in [-0.2, -0.15) is 0 Å². The summed E-state index contributed by atoms with van der Waals surface area (Å²) in [6.45, 7) is 1.41. The molecule has 164 valence electrons. The minimum atomic E-state index is -1.14. The lowest BCUT2D eigenvalue weighted by Crippen LogP contribution is -2.30. The van der Waals surface area contributed by atoms with Crippen LogP contribution in [0.2, 0.25) is 0 Å². The number of hydrogen-bond donors (Lipinski definition) is 2. The lowest BCUT2D eigenvalue weighted by molar-refractivity contribution is -0.384. The number of nitro groups is 1. The molecule has 31 heavy (non-hydrogen) atoms. The van der Waals surface area contributed by atoms with Crippen LogP contribution in [0.3, 0.4) is 0 Å². The lowest BCUT2D eigenvalue weighted by Gasteiger charge is -2.15. The smallest absolute Gasteiger partial charge is 0.339 e. The third-order valence-corrected chi connectivity index (χ3v) is 4.67. The van der Waals surface area contributed by atoms with Crippen molar-refractivity contribution >= 4 is 28.9 Å². The van der Waals surface area contributed by atoms with Crippen LogP contribution in [-0.2, 0) is 9.53 Å². The minimum absolute atomic E-state index is 0.0150. The van der Waals surface area contributed by atoms with E-state index in [1.54, 1.807) is 18.2 Å². The van der Waals surface area contributed by atoms with Crippen LogP contribution in [-0.4, -0.2) is 43.2 Å². The van der Waals surface area contributed by atoms with Crippen LogP contribution >= 0.6 is 0 Å². The van der Waals surface area contributed by atoms with E-state index in [1.165, 1.54) is 33.3 Å². The molecule has 0 aliphatic heterocycles. The Balaban J connectivity index is 1.66. The number of rotatable bonds is 9. The average molecular weight is 429 g/mol. The first-order valence-corrected chi connectivity index (χ1v) is 9.61. The van der Waals surface area contributed by atoms with Gasteiger partial charge in [0.2, 0.25) is 0 Å². The molecule has 0 saturated heterocycles. The molecule has 2 N–H and O–H groups in total. The van der Waals surface area contributed by atoms with Gasteiger partial charge in [0.15, 0.2) is 17.6 Å². The summed E-state index contributed by atoms with van der Waals surface area (Å²) in [5.41, 5.74) is 0.544. The van der Waals surface area contributed by atoms with Gasteiger partial charge in [-0.15, -0.1) is 0 Å². The Morgan fingerprint density at radius 2 is 1.81 bits per heavy atom. The second-order valence-electron chi connectivity index (χ2n) is 7.01. The Kier molecular flexibility index (Phi) is 6.58. The van der Waals surface area contributed by atoms with Gasteiger partial charge < -0.3 is 24.8 Å². The zero-order chi connectivity index (χ0) is 22.5. The van der Waals surface area contributed by atoms with Gasteiger partial charge in [-0.1, -0.05) is 0 Å². The van der Waals surface area contributed by atoms with Crippen molar-refractivity contribution in [1.82, 2.24) is 0 Å². The van der Waals surface area contributed by atoms with Crippen LogP contribution in [0.15, 0.2) is 36.4 Å². The normalized spacial score (nSPS) is 13.6. The van der Waals surface area contributed by atoms with Crippen molar-refractivity contribution < 1.29 is 28.7 Å². The number of carbonyl (C=O) groups is 2. The number of amides is 1. The van der Waals surface area contributed by atoms with E-state index in [1.807, 2.05) is 0 Å². The molecule has 1 aliphatic rings. The number of methoxy groups -OCH3 is 2. The lowest BCUT2D eigenvalue weighted by atomic mass is 10.1. The molecule has 1 fully saturated rings. The molecule has 10 heteroatoms. The van der Waals surface area contributed by atoms with Crippen LogP contribution < -0.4 is 20.1 Å². The summed E-state index contributed by atoms with van der Waals surface area (Å²) in [5, 5.41) is 17.0. The van der Waals surface area contributed by atoms with Gasteiger partial charge in [0.1, 0.15) is 5.69 Å². The summed E-state index contributed by atoms with van der Waals surface area (Å²) >= 11 is 0. The summed E-state index contributed by atoms with van der Waals surface area (Å²) < 4.78 is 15.5. The average Bonchev–Trinajstić information content (AvgIpc) is 3.57. The maximum atomic E-state index is 12.4. The van der Waals surface area contributed by atoms with E-state index in [0.29, 0.717) is 22.9 Å². The van der Waals surface area contributed by atoms with Crippen molar-refractivity contribution in [3.05, 3.63) is 52.1 Å². The molecule has 2 aromatic rings. The Morgan fingerprint density at radius 1 is 1.10 bits per heavy atom. The summed E-state index contributed by atoms with van der Waals surface area (Å²) in [6.07, 6.45) is 0.769. The van der Waals surface area contributed by atoms with Crippen LogP contribution in [0.1, 0.15) is 30.1 Å². The molecule has 10 nitrogen and oxygen atoms in total. The van der Waals surface area contributed by atoms with Crippen molar-refractivity contribution in [3.8, 4) is 11.5 Å². The summed E-state index contributed by atoms with van der Waals surface area (Å²) in [5.74, 6) is -0.475. The Bertz CT molecular complexity index is 1000. The van der Waals surface area contributed by atoms with E-state index < -0.39 is 22.9 Å². The van der Waals surface area contributed by atoms with Gasteiger partial charge >= 0.3 is 5.97 Å².